The van der Waals surface area contributed by atoms with E-state index in [0.717, 1.165) is 36.8 Å². The second kappa shape index (κ2) is 8.61. The van der Waals surface area contributed by atoms with E-state index < -0.39 is 11.7 Å². The minimum Gasteiger partial charge on any atom is -0.349 e. The van der Waals surface area contributed by atoms with Gasteiger partial charge in [-0.3, -0.25) is 14.4 Å². The first-order chi connectivity index (χ1) is 15.9. The Morgan fingerprint density at radius 3 is 2.45 bits per heavy atom. The van der Waals surface area contributed by atoms with Gasteiger partial charge in [0.15, 0.2) is 0 Å². The molecule has 7 heteroatoms. The highest BCUT2D eigenvalue weighted by Gasteiger charge is 2.42. The van der Waals surface area contributed by atoms with Crippen LogP contribution in [-0.2, 0) is 16.1 Å². The number of anilines is 1. The summed E-state index contributed by atoms with van der Waals surface area (Å²) in [5.41, 5.74) is 2.58. The number of hydrogen-bond donors (Lipinski definition) is 1. The van der Waals surface area contributed by atoms with Gasteiger partial charge < -0.3 is 15.1 Å². The summed E-state index contributed by atoms with van der Waals surface area (Å²) in [6, 6.07) is 12.6. The third-order valence-corrected chi connectivity index (χ3v) is 6.62. The Hall–Kier alpha value is -3.22. The number of amides is 3. The molecule has 2 aromatic carbocycles. The predicted molar refractivity (Wildman–Crippen MR) is 122 cm³/mol. The van der Waals surface area contributed by atoms with E-state index in [-0.39, 0.29) is 42.4 Å². The lowest BCUT2D eigenvalue weighted by atomic mass is 10.1. The van der Waals surface area contributed by atoms with E-state index in [2.05, 4.69) is 5.32 Å². The molecular weight excluding hydrogens is 421 g/mol. The number of carbonyl (C=O) groups excluding carboxylic acids is 3. The zero-order chi connectivity index (χ0) is 23.1. The monoisotopic (exact) mass is 449 g/mol. The summed E-state index contributed by atoms with van der Waals surface area (Å²) < 4.78 is 14.4. The lowest BCUT2D eigenvalue weighted by molar-refractivity contribution is -0.137. The number of aryl methyl sites for hydroxylation is 1. The number of carbonyl (C=O) groups is 3. The van der Waals surface area contributed by atoms with Gasteiger partial charge in [-0.1, -0.05) is 18.2 Å². The Bertz CT molecular complexity index is 1090. The van der Waals surface area contributed by atoms with Gasteiger partial charge in [0, 0.05) is 37.2 Å². The highest BCUT2D eigenvalue weighted by molar-refractivity contribution is 6.00. The fourth-order valence-electron chi connectivity index (χ4n) is 4.40. The Balaban J connectivity index is 1.26. The molecule has 0 aromatic heterocycles. The smallest absolute Gasteiger partial charge is 0.251 e. The molecule has 1 N–H and O–H groups in total. The quantitative estimate of drug-likeness (QED) is 0.703. The summed E-state index contributed by atoms with van der Waals surface area (Å²) in [7, 11) is 0. The first-order valence-electron chi connectivity index (χ1n) is 11.7. The lowest BCUT2D eigenvalue weighted by Crippen LogP contribution is -2.38. The Kier molecular flexibility index (Phi) is 5.64. The molecule has 0 bridgehead atoms. The van der Waals surface area contributed by atoms with Crippen molar-refractivity contribution in [3.63, 3.8) is 0 Å². The van der Waals surface area contributed by atoms with Crippen LogP contribution in [0, 0.1) is 18.7 Å². The molecule has 1 heterocycles. The number of halogens is 1. The van der Waals surface area contributed by atoms with E-state index in [1.807, 2.05) is 17.0 Å². The van der Waals surface area contributed by atoms with E-state index in [4.69, 9.17) is 0 Å². The van der Waals surface area contributed by atoms with Crippen LogP contribution >= 0.6 is 0 Å². The highest BCUT2D eigenvalue weighted by Crippen LogP contribution is 2.34. The molecule has 3 fully saturated rings. The fourth-order valence-corrected chi connectivity index (χ4v) is 4.40. The second-order valence-electron chi connectivity index (χ2n) is 9.50. The van der Waals surface area contributed by atoms with Crippen molar-refractivity contribution in [1.29, 1.82) is 0 Å². The van der Waals surface area contributed by atoms with Crippen molar-refractivity contribution in [2.75, 3.05) is 11.4 Å². The van der Waals surface area contributed by atoms with Gasteiger partial charge in [0.05, 0.1) is 11.6 Å². The van der Waals surface area contributed by atoms with E-state index in [1.54, 1.807) is 31.2 Å². The van der Waals surface area contributed by atoms with Crippen LogP contribution in [0.1, 0.15) is 53.6 Å². The first kappa shape index (κ1) is 21.6. The molecule has 1 unspecified atom stereocenters. The van der Waals surface area contributed by atoms with E-state index in [0.29, 0.717) is 18.2 Å². The maximum Gasteiger partial charge on any atom is 0.251 e. The molecule has 33 heavy (non-hydrogen) atoms. The van der Waals surface area contributed by atoms with E-state index in [9.17, 15) is 18.8 Å². The van der Waals surface area contributed by atoms with Gasteiger partial charge >= 0.3 is 0 Å². The van der Waals surface area contributed by atoms with Gasteiger partial charge in [-0.05, 0) is 68.0 Å². The molecule has 2 aliphatic carbocycles. The van der Waals surface area contributed by atoms with Gasteiger partial charge in [-0.15, -0.1) is 0 Å². The van der Waals surface area contributed by atoms with Crippen LogP contribution in [0.15, 0.2) is 42.5 Å². The molecule has 6 nitrogen and oxygen atoms in total. The van der Waals surface area contributed by atoms with Crippen molar-refractivity contribution in [2.24, 2.45) is 5.92 Å². The molecule has 172 valence electrons. The number of benzene rings is 2. The fraction of sp³-hybridized carbons (Fsp3) is 0.423. The van der Waals surface area contributed by atoms with Crippen LogP contribution in [0.2, 0.25) is 0 Å². The zero-order valence-corrected chi connectivity index (χ0v) is 18.7. The average Bonchev–Trinajstić information content (AvgIpc) is 3.72. The maximum absolute atomic E-state index is 14.4. The van der Waals surface area contributed by atoms with Crippen molar-refractivity contribution in [3.8, 4) is 0 Å². The van der Waals surface area contributed by atoms with Crippen LogP contribution < -0.4 is 10.2 Å². The molecule has 2 saturated carbocycles. The number of rotatable bonds is 7. The summed E-state index contributed by atoms with van der Waals surface area (Å²) in [5, 5.41) is 2.98. The van der Waals surface area contributed by atoms with Crippen LogP contribution in [-0.4, -0.2) is 41.2 Å². The van der Waals surface area contributed by atoms with Crippen molar-refractivity contribution in [3.05, 3.63) is 65.0 Å². The summed E-state index contributed by atoms with van der Waals surface area (Å²) in [4.78, 5) is 41.5. The van der Waals surface area contributed by atoms with Gasteiger partial charge in [0.25, 0.3) is 5.91 Å². The van der Waals surface area contributed by atoms with E-state index >= 15 is 0 Å². The second-order valence-corrected chi connectivity index (χ2v) is 9.50. The number of hydrogen-bond acceptors (Lipinski definition) is 3. The third kappa shape index (κ3) is 4.77. The van der Waals surface area contributed by atoms with Gasteiger partial charge in [0.2, 0.25) is 11.8 Å². The topological polar surface area (TPSA) is 69.7 Å². The largest absolute Gasteiger partial charge is 0.349 e. The summed E-state index contributed by atoms with van der Waals surface area (Å²) in [6.45, 7) is 2.43. The predicted octanol–water partition coefficient (Wildman–Crippen LogP) is 3.57. The van der Waals surface area contributed by atoms with Crippen molar-refractivity contribution in [1.82, 2.24) is 10.2 Å². The molecule has 0 radical (unpaired) electrons. The third-order valence-electron chi connectivity index (χ3n) is 6.62. The normalized spacial score (nSPS) is 20.1. The maximum atomic E-state index is 14.4. The first-order valence-corrected chi connectivity index (χ1v) is 11.7. The molecule has 3 amide bonds. The summed E-state index contributed by atoms with van der Waals surface area (Å²) in [6.07, 6.45) is 4.07. The molecule has 1 atom stereocenters. The SMILES string of the molecule is Cc1ccc(N2CC(C(=O)N(Cc3ccc(C(=O)NC4CC4)cc3)C3CC3)CC2=O)c(F)c1. The Labute approximate surface area is 192 Å². The molecule has 1 saturated heterocycles. The number of nitrogens with one attached hydrogen (secondary N) is 1. The standard InChI is InChI=1S/C26H28FN3O3/c1-16-2-11-23(22(27)12-16)30-15-19(13-24(30)31)26(33)29(21-9-10-21)14-17-3-5-18(6-4-17)25(32)28-20-7-8-20/h2-6,11-12,19-21H,7-10,13-15H2,1H3,(H,28,32). The van der Waals surface area contributed by atoms with Crippen LogP contribution in [0.5, 0.6) is 0 Å². The molecule has 0 spiro atoms. The number of nitrogens with zero attached hydrogens (tertiary/aromatic N) is 2. The highest BCUT2D eigenvalue weighted by atomic mass is 19.1. The Morgan fingerprint density at radius 2 is 1.82 bits per heavy atom. The van der Waals surface area contributed by atoms with Gasteiger partial charge in [0.1, 0.15) is 5.82 Å². The van der Waals surface area contributed by atoms with Crippen molar-refractivity contribution >= 4 is 23.4 Å². The Morgan fingerprint density at radius 1 is 1.09 bits per heavy atom. The van der Waals surface area contributed by atoms with Gasteiger partial charge in [-0.25, -0.2) is 4.39 Å². The average molecular weight is 450 g/mol. The lowest BCUT2D eigenvalue weighted by Gasteiger charge is -2.26. The van der Waals surface area contributed by atoms with Crippen LogP contribution in [0.25, 0.3) is 0 Å². The minimum absolute atomic E-state index is 0.0589. The van der Waals surface area contributed by atoms with Gasteiger partial charge in [-0.2, -0.15) is 0 Å². The van der Waals surface area contributed by atoms with Crippen molar-refractivity contribution < 1.29 is 18.8 Å². The molecule has 3 aliphatic rings. The van der Waals surface area contributed by atoms with E-state index in [1.165, 1.54) is 11.0 Å². The summed E-state index contributed by atoms with van der Waals surface area (Å²) >= 11 is 0. The molecule has 1 aliphatic heterocycles. The van der Waals surface area contributed by atoms with Crippen LogP contribution in [0.3, 0.4) is 0 Å². The molecular formula is C26H28FN3O3. The molecule has 2 aromatic rings. The van der Waals surface area contributed by atoms with Crippen LogP contribution in [0.4, 0.5) is 10.1 Å². The van der Waals surface area contributed by atoms with Crippen molar-refractivity contribution in [2.45, 2.75) is 57.7 Å². The summed E-state index contributed by atoms with van der Waals surface area (Å²) in [5.74, 6) is -1.27. The molecule has 5 rings (SSSR count). The zero-order valence-electron chi connectivity index (χ0n) is 18.7. The minimum atomic E-state index is -0.484.